The highest BCUT2D eigenvalue weighted by Gasteiger charge is 2.25. The molecule has 0 N–H and O–H groups in total. The molecule has 0 amide bonds. The van der Waals surface area contributed by atoms with Gasteiger partial charge in [-0.3, -0.25) is 0 Å². The van der Waals surface area contributed by atoms with Crippen molar-refractivity contribution in [3.05, 3.63) is 54.5 Å². The summed E-state index contributed by atoms with van der Waals surface area (Å²) >= 11 is 0. The van der Waals surface area contributed by atoms with Crippen molar-refractivity contribution < 1.29 is 4.74 Å². The molecule has 0 aliphatic carbocycles. The number of anilines is 1. The van der Waals surface area contributed by atoms with Gasteiger partial charge in [0.2, 0.25) is 0 Å². The van der Waals surface area contributed by atoms with Gasteiger partial charge in [-0.25, -0.2) is 14.6 Å². The quantitative estimate of drug-likeness (QED) is 0.473. The largest absolute Gasteiger partial charge is 0.378 e. The first-order valence-corrected chi connectivity index (χ1v) is 11.6. The van der Waals surface area contributed by atoms with Crippen LogP contribution in [-0.4, -0.2) is 75.7 Å². The molecule has 6 rings (SSSR count). The number of likely N-dealkylation sites (tertiary alicyclic amines) is 1. The molecule has 170 valence electrons. The Morgan fingerprint density at radius 1 is 1.09 bits per heavy atom. The normalized spacial score (nSPS) is 17.6. The van der Waals surface area contributed by atoms with Crippen LogP contribution in [0.3, 0.4) is 0 Å². The minimum Gasteiger partial charge on any atom is -0.378 e. The third-order valence-corrected chi connectivity index (χ3v) is 6.62. The van der Waals surface area contributed by atoms with Crippen molar-refractivity contribution in [2.24, 2.45) is 5.92 Å². The summed E-state index contributed by atoms with van der Waals surface area (Å²) in [6.45, 7) is 8.45. The van der Waals surface area contributed by atoms with Crippen LogP contribution in [0.4, 0.5) is 5.69 Å². The van der Waals surface area contributed by atoms with Crippen molar-refractivity contribution in [2.45, 2.75) is 13.5 Å². The standard InChI is InChI=1S/C25H29N7O/c1-18-4-3-5-20(12-18)21-6-7-32(28-21)23-13-22(30-8-10-33-11-9-30)24-25(27-23)31(17-26-24)16-19-14-29(2)15-19/h3-7,12-13,17,19H,8-11,14-16H2,1-2H3. The lowest BCUT2D eigenvalue weighted by Gasteiger charge is -2.36. The smallest absolute Gasteiger partial charge is 0.164 e. The van der Waals surface area contributed by atoms with Crippen molar-refractivity contribution in [1.29, 1.82) is 0 Å². The second-order valence-electron chi connectivity index (χ2n) is 9.27. The molecule has 5 heterocycles. The predicted octanol–water partition coefficient (Wildman–Crippen LogP) is 2.99. The van der Waals surface area contributed by atoms with Crippen molar-refractivity contribution in [2.75, 3.05) is 51.3 Å². The Morgan fingerprint density at radius 2 is 1.94 bits per heavy atom. The van der Waals surface area contributed by atoms with E-state index in [1.807, 2.05) is 17.2 Å². The van der Waals surface area contributed by atoms with E-state index in [1.165, 1.54) is 5.56 Å². The molecular weight excluding hydrogens is 414 g/mol. The van der Waals surface area contributed by atoms with Gasteiger partial charge in [0.1, 0.15) is 5.52 Å². The van der Waals surface area contributed by atoms with Crippen LogP contribution >= 0.6 is 0 Å². The Balaban J connectivity index is 1.42. The van der Waals surface area contributed by atoms with Gasteiger partial charge in [-0.05, 0) is 26.1 Å². The number of fused-ring (bicyclic) bond motifs is 1. The SMILES string of the molecule is Cc1cccc(-c2ccn(-c3cc(N4CCOCC4)c4ncn(CC5CN(C)C5)c4n3)n2)c1. The first-order chi connectivity index (χ1) is 16.1. The number of nitrogens with zero attached hydrogens (tertiary/aromatic N) is 7. The minimum absolute atomic E-state index is 0.641. The van der Waals surface area contributed by atoms with Gasteiger partial charge < -0.3 is 19.1 Å². The fraction of sp³-hybridized carbons (Fsp3) is 0.400. The Hall–Kier alpha value is -3.23. The average molecular weight is 444 g/mol. The molecule has 0 spiro atoms. The summed E-state index contributed by atoms with van der Waals surface area (Å²) in [4.78, 5) is 14.5. The number of benzene rings is 1. The van der Waals surface area contributed by atoms with Gasteiger partial charge in [0.15, 0.2) is 11.5 Å². The number of hydrogen-bond donors (Lipinski definition) is 0. The lowest BCUT2D eigenvalue weighted by Crippen LogP contribution is -2.45. The molecule has 0 saturated carbocycles. The summed E-state index contributed by atoms with van der Waals surface area (Å²) in [6.07, 6.45) is 3.95. The van der Waals surface area contributed by atoms with Crippen molar-refractivity contribution in [1.82, 2.24) is 29.2 Å². The zero-order valence-corrected chi connectivity index (χ0v) is 19.2. The van der Waals surface area contributed by atoms with E-state index in [2.05, 4.69) is 64.7 Å². The number of aryl methyl sites for hydroxylation is 1. The van der Waals surface area contributed by atoms with E-state index in [4.69, 9.17) is 19.8 Å². The number of aromatic nitrogens is 5. The molecule has 2 fully saturated rings. The number of ether oxygens (including phenoxy) is 1. The first kappa shape index (κ1) is 20.4. The third kappa shape index (κ3) is 3.89. The molecule has 4 aromatic rings. The van der Waals surface area contributed by atoms with E-state index in [9.17, 15) is 0 Å². The molecule has 33 heavy (non-hydrogen) atoms. The maximum atomic E-state index is 5.60. The van der Waals surface area contributed by atoms with Gasteiger partial charge in [0.25, 0.3) is 0 Å². The van der Waals surface area contributed by atoms with Gasteiger partial charge in [-0.1, -0.05) is 23.8 Å². The zero-order chi connectivity index (χ0) is 22.4. The monoisotopic (exact) mass is 443 g/mol. The van der Waals surface area contributed by atoms with Crippen LogP contribution in [0.2, 0.25) is 0 Å². The molecule has 2 aliphatic rings. The number of pyridine rings is 1. The summed E-state index contributed by atoms with van der Waals surface area (Å²) in [7, 11) is 2.17. The average Bonchev–Trinajstić information content (AvgIpc) is 3.46. The topological polar surface area (TPSA) is 64.2 Å². The Labute approximate surface area is 193 Å². The predicted molar refractivity (Wildman–Crippen MR) is 129 cm³/mol. The maximum Gasteiger partial charge on any atom is 0.164 e. The summed E-state index contributed by atoms with van der Waals surface area (Å²) < 4.78 is 9.69. The highest BCUT2D eigenvalue weighted by atomic mass is 16.5. The van der Waals surface area contributed by atoms with E-state index >= 15 is 0 Å². The summed E-state index contributed by atoms with van der Waals surface area (Å²) in [5.41, 5.74) is 6.27. The van der Waals surface area contributed by atoms with Crippen molar-refractivity contribution in [3.8, 4) is 17.1 Å². The minimum atomic E-state index is 0.641. The molecule has 2 aliphatic heterocycles. The van der Waals surface area contributed by atoms with Gasteiger partial charge in [0, 0.05) is 56.5 Å². The van der Waals surface area contributed by atoms with Crippen molar-refractivity contribution >= 4 is 16.9 Å². The Kier molecular flexibility index (Phi) is 5.11. The van der Waals surface area contributed by atoms with E-state index in [0.717, 1.165) is 79.9 Å². The second kappa shape index (κ2) is 8.28. The molecule has 8 nitrogen and oxygen atoms in total. The van der Waals surface area contributed by atoms with Crippen LogP contribution in [0.15, 0.2) is 48.9 Å². The third-order valence-electron chi connectivity index (χ3n) is 6.62. The summed E-state index contributed by atoms with van der Waals surface area (Å²) in [5, 5.41) is 4.87. The highest BCUT2D eigenvalue weighted by molar-refractivity contribution is 5.87. The van der Waals surface area contributed by atoms with E-state index in [-0.39, 0.29) is 0 Å². The van der Waals surface area contributed by atoms with Crippen LogP contribution in [0, 0.1) is 12.8 Å². The molecule has 8 heteroatoms. The van der Waals surface area contributed by atoms with Crippen LogP contribution in [0.5, 0.6) is 0 Å². The van der Waals surface area contributed by atoms with Gasteiger partial charge in [-0.15, -0.1) is 0 Å². The molecule has 0 atom stereocenters. The van der Waals surface area contributed by atoms with Crippen molar-refractivity contribution in [3.63, 3.8) is 0 Å². The van der Waals surface area contributed by atoms with Crippen LogP contribution in [0.1, 0.15) is 5.56 Å². The van der Waals surface area contributed by atoms with Gasteiger partial charge in [-0.2, -0.15) is 5.10 Å². The Morgan fingerprint density at radius 3 is 2.73 bits per heavy atom. The lowest BCUT2D eigenvalue weighted by molar-refractivity contribution is 0.120. The first-order valence-electron chi connectivity index (χ1n) is 11.6. The molecule has 2 saturated heterocycles. The Bertz CT molecular complexity index is 1280. The molecule has 0 unspecified atom stereocenters. The van der Waals surface area contributed by atoms with Crippen LogP contribution < -0.4 is 4.90 Å². The number of hydrogen-bond acceptors (Lipinski definition) is 6. The van der Waals surface area contributed by atoms with E-state index in [1.54, 1.807) is 0 Å². The molecular formula is C25H29N7O. The second-order valence-corrected chi connectivity index (χ2v) is 9.27. The lowest BCUT2D eigenvalue weighted by atomic mass is 10.0. The number of rotatable bonds is 5. The molecule has 3 aromatic heterocycles. The summed E-state index contributed by atoms with van der Waals surface area (Å²) in [5.74, 6) is 1.46. The maximum absolute atomic E-state index is 5.60. The fourth-order valence-electron chi connectivity index (χ4n) is 4.93. The van der Waals surface area contributed by atoms with E-state index < -0.39 is 0 Å². The fourth-order valence-corrected chi connectivity index (χ4v) is 4.93. The zero-order valence-electron chi connectivity index (χ0n) is 19.2. The number of morpholine rings is 1. The number of imidazole rings is 1. The van der Waals surface area contributed by atoms with Gasteiger partial charge >= 0.3 is 0 Å². The molecule has 0 radical (unpaired) electrons. The van der Waals surface area contributed by atoms with Crippen LogP contribution in [-0.2, 0) is 11.3 Å². The summed E-state index contributed by atoms with van der Waals surface area (Å²) in [6, 6.07) is 12.6. The van der Waals surface area contributed by atoms with E-state index in [0.29, 0.717) is 5.92 Å². The molecule has 1 aromatic carbocycles. The van der Waals surface area contributed by atoms with Crippen LogP contribution in [0.25, 0.3) is 28.2 Å². The van der Waals surface area contributed by atoms with Gasteiger partial charge in [0.05, 0.1) is 30.9 Å². The molecule has 0 bridgehead atoms. The highest BCUT2D eigenvalue weighted by Crippen LogP contribution is 2.29.